The fraction of sp³-hybridized carbons (Fsp3) is 0.136. The number of rotatable bonds is 5. The lowest BCUT2D eigenvalue weighted by Gasteiger charge is -2.14. The summed E-state index contributed by atoms with van der Waals surface area (Å²) in [5.74, 6) is -0.286. The molecule has 0 fully saturated rings. The van der Waals surface area contributed by atoms with Gasteiger partial charge in [-0.1, -0.05) is 42.5 Å². The van der Waals surface area contributed by atoms with Crippen LogP contribution < -0.4 is 10.1 Å². The van der Waals surface area contributed by atoms with Gasteiger partial charge in [-0.05, 0) is 48.4 Å². The Bertz CT molecular complexity index is 892. The van der Waals surface area contributed by atoms with Crippen LogP contribution in [-0.4, -0.2) is 13.0 Å². The van der Waals surface area contributed by atoms with Gasteiger partial charge in [0.15, 0.2) is 0 Å². The summed E-state index contributed by atoms with van der Waals surface area (Å²) in [6.07, 6.45) is 0. The summed E-state index contributed by atoms with van der Waals surface area (Å²) in [4.78, 5) is 12.5. The van der Waals surface area contributed by atoms with Crippen molar-refractivity contribution < 1.29 is 13.9 Å². The number of amides is 1. The Morgan fingerprint density at radius 2 is 1.69 bits per heavy atom. The van der Waals surface area contributed by atoms with Crippen molar-refractivity contribution >= 4 is 11.6 Å². The molecular formula is C22H20FNO2. The van der Waals surface area contributed by atoms with Gasteiger partial charge >= 0.3 is 0 Å². The molecule has 0 aliphatic rings. The monoisotopic (exact) mass is 349 g/mol. The molecule has 26 heavy (non-hydrogen) atoms. The topological polar surface area (TPSA) is 38.3 Å². The van der Waals surface area contributed by atoms with Gasteiger partial charge in [0.2, 0.25) is 5.91 Å². The van der Waals surface area contributed by atoms with Crippen molar-refractivity contribution in [3.63, 3.8) is 0 Å². The highest BCUT2D eigenvalue weighted by atomic mass is 19.1. The summed E-state index contributed by atoms with van der Waals surface area (Å²) < 4.78 is 19.6. The first-order valence-electron chi connectivity index (χ1n) is 8.38. The molecule has 0 aromatic heterocycles. The third-order valence-corrected chi connectivity index (χ3v) is 4.33. The lowest BCUT2D eigenvalue weighted by molar-refractivity contribution is -0.117. The molecule has 0 unspecified atom stereocenters. The van der Waals surface area contributed by atoms with Gasteiger partial charge in [-0.25, -0.2) is 4.39 Å². The number of hydrogen-bond donors (Lipinski definition) is 1. The number of anilines is 1. The number of carbonyl (C=O) groups is 1. The van der Waals surface area contributed by atoms with E-state index in [4.69, 9.17) is 4.74 Å². The highest BCUT2D eigenvalue weighted by Gasteiger charge is 2.17. The molecular weight excluding hydrogens is 329 g/mol. The minimum absolute atomic E-state index is 0.193. The number of methoxy groups -OCH3 is 1. The van der Waals surface area contributed by atoms with E-state index in [1.165, 1.54) is 6.07 Å². The first-order valence-corrected chi connectivity index (χ1v) is 8.38. The molecule has 3 nitrogen and oxygen atoms in total. The maximum atomic E-state index is 14.5. The van der Waals surface area contributed by atoms with E-state index in [0.717, 1.165) is 11.3 Å². The van der Waals surface area contributed by atoms with Gasteiger partial charge in [0.05, 0.1) is 13.0 Å². The second kappa shape index (κ2) is 7.83. The normalized spacial score (nSPS) is 11.7. The van der Waals surface area contributed by atoms with Crippen molar-refractivity contribution in [2.24, 2.45) is 0 Å². The van der Waals surface area contributed by atoms with Crippen LogP contribution in [0.2, 0.25) is 0 Å². The molecule has 1 atom stereocenters. The van der Waals surface area contributed by atoms with Gasteiger partial charge in [0, 0.05) is 11.3 Å². The fourth-order valence-corrected chi connectivity index (χ4v) is 2.73. The van der Waals surface area contributed by atoms with Crippen LogP contribution in [0.5, 0.6) is 5.75 Å². The first kappa shape index (κ1) is 17.7. The van der Waals surface area contributed by atoms with Crippen molar-refractivity contribution in [1.82, 2.24) is 0 Å². The van der Waals surface area contributed by atoms with Gasteiger partial charge in [-0.2, -0.15) is 0 Å². The number of carbonyl (C=O) groups excluding carboxylic acids is 1. The average Bonchev–Trinajstić information content (AvgIpc) is 2.68. The number of ether oxygens (including phenoxy) is 1. The highest BCUT2D eigenvalue weighted by molar-refractivity contribution is 5.95. The Kier molecular flexibility index (Phi) is 5.32. The fourth-order valence-electron chi connectivity index (χ4n) is 2.73. The molecule has 0 heterocycles. The largest absolute Gasteiger partial charge is 0.497 e. The van der Waals surface area contributed by atoms with E-state index in [2.05, 4.69) is 5.32 Å². The van der Waals surface area contributed by atoms with Crippen LogP contribution in [0.3, 0.4) is 0 Å². The van der Waals surface area contributed by atoms with Crippen molar-refractivity contribution in [2.75, 3.05) is 12.4 Å². The smallest absolute Gasteiger partial charge is 0.231 e. The molecule has 1 amide bonds. The quantitative estimate of drug-likeness (QED) is 0.684. The lowest BCUT2D eigenvalue weighted by Crippen LogP contribution is -2.19. The molecule has 0 saturated carbocycles. The molecule has 3 aromatic carbocycles. The van der Waals surface area contributed by atoms with Crippen LogP contribution >= 0.6 is 0 Å². The molecule has 0 radical (unpaired) electrons. The third kappa shape index (κ3) is 3.91. The average molecular weight is 349 g/mol. The second-order valence-corrected chi connectivity index (χ2v) is 6.04. The number of hydrogen-bond acceptors (Lipinski definition) is 2. The van der Waals surface area contributed by atoms with Crippen LogP contribution in [0.4, 0.5) is 10.1 Å². The predicted octanol–water partition coefficient (Wildman–Crippen LogP) is 5.24. The Morgan fingerprint density at radius 1 is 1.00 bits per heavy atom. The maximum absolute atomic E-state index is 14.5. The zero-order valence-corrected chi connectivity index (χ0v) is 14.7. The highest BCUT2D eigenvalue weighted by Crippen LogP contribution is 2.27. The Labute approximate surface area is 152 Å². The van der Waals surface area contributed by atoms with Crippen molar-refractivity contribution in [1.29, 1.82) is 0 Å². The molecule has 0 bridgehead atoms. The molecule has 1 N–H and O–H groups in total. The molecule has 0 saturated heterocycles. The summed E-state index contributed by atoms with van der Waals surface area (Å²) in [5.41, 5.74) is 2.64. The van der Waals surface area contributed by atoms with E-state index >= 15 is 0 Å². The molecule has 3 aromatic rings. The SMILES string of the molecule is COc1ccc(NC(=O)[C@H](C)c2ccc(-c3ccccc3)c(F)c2)cc1. The van der Waals surface area contributed by atoms with E-state index < -0.39 is 5.92 Å². The predicted molar refractivity (Wildman–Crippen MR) is 102 cm³/mol. The molecule has 0 aliphatic heterocycles. The molecule has 4 heteroatoms. The Hall–Kier alpha value is -3.14. The molecule has 132 valence electrons. The summed E-state index contributed by atoms with van der Waals surface area (Å²) in [6, 6.07) is 21.4. The van der Waals surface area contributed by atoms with Gasteiger partial charge in [-0.3, -0.25) is 4.79 Å². The van der Waals surface area contributed by atoms with Crippen LogP contribution in [0.15, 0.2) is 72.8 Å². The Balaban J connectivity index is 1.75. The van der Waals surface area contributed by atoms with Crippen LogP contribution in [0.1, 0.15) is 18.4 Å². The lowest BCUT2D eigenvalue weighted by atomic mass is 9.96. The summed E-state index contributed by atoms with van der Waals surface area (Å²) in [7, 11) is 1.59. The number of nitrogens with one attached hydrogen (secondary N) is 1. The van der Waals surface area contributed by atoms with E-state index in [1.807, 2.05) is 30.3 Å². The minimum atomic E-state index is -0.476. The van der Waals surface area contributed by atoms with E-state index in [9.17, 15) is 9.18 Å². The van der Waals surface area contributed by atoms with E-state index in [1.54, 1.807) is 50.4 Å². The molecule has 0 spiro atoms. The van der Waals surface area contributed by atoms with Crippen LogP contribution in [0, 0.1) is 5.82 Å². The minimum Gasteiger partial charge on any atom is -0.497 e. The van der Waals surface area contributed by atoms with Crippen LogP contribution in [0.25, 0.3) is 11.1 Å². The van der Waals surface area contributed by atoms with Gasteiger partial charge < -0.3 is 10.1 Å². The Morgan fingerprint density at radius 3 is 2.31 bits per heavy atom. The zero-order valence-electron chi connectivity index (χ0n) is 14.7. The van der Waals surface area contributed by atoms with E-state index in [-0.39, 0.29) is 11.7 Å². The van der Waals surface area contributed by atoms with Crippen molar-refractivity contribution in [3.05, 3.63) is 84.2 Å². The molecule has 3 rings (SSSR count). The summed E-state index contributed by atoms with van der Waals surface area (Å²) in [6.45, 7) is 1.76. The summed E-state index contributed by atoms with van der Waals surface area (Å²) in [5, 5.41) is 2.84. The van der Waals surface area contributed by atoms with Crippen molar-refractivity contribution in [3.8, 4) is 16.9 Å². The third-order valence-electron chi connectivity index (χ3n) is 4.33. The van der Waals surface area contributed by atoms with Crippen molar-refractivity contribution in [2.45, 2.75) is 12.8 Å². The van der Waals surface area contributed by atoms with Gasteiger partial charge in [-0.15, -0.1) is 0 Å². The van der Waals surface area contributed by atoms with Gasteiger partial charge in [0.25, 0.3) is 0 Å². The standard InChI is InChI=1S/C22H20FNO2/c1-15(22(25)24-18-9-11-19(26-2)12-10-18)17-8-13-20(21(23)14-17)16-6-4-3-5-7-16/h3-15H,1-2H3,(H,24,25)/t15-/m1/s1. The zero-order chi connectivity index (χ0) is 18.5. The van der Waals surface area contributed by atoms with Crippen LogP contribution in [-0.2, 0) is 4.79 Å². The summed E-state index contributed by atoms with van der Waals surface area (Å²) >= 11 is 0. The first-order chi connectivity index (χ1) is 12.6. The van der Waals surface area contributed by atoms with Gasteiger partial charge in [0.1, 0.15) is 11.6 Å². The van der Waals surface area contributed by atoms with E-state index in [0.29, 0.717) is 16.8 Å². The maximum Gasteiger partial charge on any atom is 0.231 e. The second-order valence-electron chi connectivity index (χ2n) is 6.04. The number of benzene rings is 3. The number of halogens is 1. The molecule has 0 aliphatic carbocycles.